The molecule has 1 aliphatic rings. The lowest BCUT2D eigenvalue weighted by Gasteiger charge is -2.38. The number of nitrogens with zero attached hydrogens (tertiary/aromatic N) is 3. The summed E-state index contributed by atoms with van der Waals surface area (Å²) in [7, 11) is 1.37. The highest BCUT2D eigenvalue weighted by Gasteiger charge is 2.34. The summed E-state index contributed by atoms with van der Waals surface area (Å²) in [6.45, 7) is 1.94. The van der Waals surface area contributed by atoms with Crippen LogP contribution in [-0.2, 0) is 9.53 Å². The Balaban J connectivity index is 1.53. The van der Waals surface area contributed by atoms with Crippen LogP contribution >= 0.6 is 23.8 Å². The molecule has 0 aliphatic carbocycles. The van der Waals surface area contributed by atoms with Crippen LogP contribution in [0.2, 0.25) is 5.02 Å². The zero-order valence-electron chi connectivity index (χ0n) is 17.5. The molecule has 2 aromatic carbocycles. The van der Waals surface area contributed by atoms with Gasteiger partial charge in [-0.25, -0.2) is 4.79 Å². The van der Waals surface area contributed by atoms with Crippen molar-refractivity contribution in [3.63, 3.8) is 0 Å². The molecule has 3 aromatic rings. The maximum atomic E-state index is 13.3. The smallest absolute Gasteiger partial charge is 0.327 e. The molecule has 1 unspecified atom stereocenters. The predicted molar refractivity (Wildman–Crippen MR) is 125 cm³/mol. The molecule has 4 rings (SSSR count). The van der Waals surface area contributed by atoms with Gasteiger partial charge in [0, 0.05) is 43.1 Å². The highest BCUT2D eigenvalue weighted by molar-refractivity contribution is 7.71. The number of para-hydroxylation sites is 1. The second-order valence-electron chi connectivity index (χ2n) is 7.43. The number of hydrogen-bond acceptors (Lipinski definition) is 5. The SMILES string of the molecule is COC(=O)C(c1ccccc1Cl)N1CCN(C(=O)c2c[nH]c(=S)n2-c2ccccc2)CC1. The molecule has 0 spiro atoms. The standard InChI is InChI=1S/C23H23ClN4O3S/c1-31-22(30)20(17-9-5-6-10-18(17)24)26-11-13-27(14-12-26)21(29)19-15-25-23(32)28(19)16-7-3-2-4-8-16/h2-10,15,20H,11-14H2,1H3,(H,25,32). The first-order valence-corrected chi connectivity index (χ1v) is 11.0. The number of ether oxygens (including phenoxy) is 1. The summed E-state index contributed by atoms with van der Waals surface area (Å²) < 4.78 is 7.25. The molecule has 7 nitrogen and oxygen atoms in total. The van der Waals surface area contributed by atoms with E-state index < -0.39 is 6.04 Å². The fourth-order valence-corrected chi connectivity index (χ4v) is 4.49. The Morgan fingerprint density at radius 1 is 1.03 bits per heavy atom. The third-order valence-electron chi connectivity index (χ3n) is 5.60. The minimum Gasteiger partial charge on any atom is -0.468 e. The summed E-state index contributed by atoms with van der Waals surface area (Å²) in [5.74, 6) is -0.491. The molecule has 32 heavy (non-hydrogen) atoms. The number of nitrogens with one attached hydrogen (secondary N) is 1. The van der Waals surface area contributed by atoms with Crippen LogP contribution in [0.4, 0.5) is 0 Å². The Bertz CT molecular complexity index is 1170. The molecule has 1 N–H and O–H groups in total. The van der Waals surface area contributed by atoms with Gasteiger partial charge in [0.15, 0.2) is 4.77 Å². The second-order valence-corrected chi connectivity index (χ2v) is 8.22. The van der Waals surface area contributed by atoms with Gasteiger partial charge >= 0.3 is 5.97 Å². The number of piperazine rings is 1. The molecule has 1 aromatic heterocycles. The lowest BCUT2D eigenvalue weighted by molar-refractivity contribution is -0.148. The van der Waals surface area contributed by atoms with Crippen molar-refractivity contribution in [3.05, 3.63) is 81.8 Å². The average Bonchev–Trinajstić information content (AvgIpc) is 3.22. The van der Waals surface area contributed by atoms with Gasteiger partial charge in [-0.15, -0.1) is 0 Å². The number of halogens is 1. The molecule has 9 heteroatoms. The van der Waals surface area contributed by atoms with E-state index in [0.29, 0.717) is 47.2 Å². The van der Waals surface area contributed by atoms with Gasteiger partial charge in [-0.2, -0.15) is 0 Å². The van der Waals surface area contributed by atoms with E-state index in [1.807, 2.05) is 53.4 Å². The molecule has 0 saturated carbocycles. The fraction of sp³-hybridized carbons (Fsp3) is 0.261. The number of imidazole rings is 1. The van der Waals surface area contributed by atoms with Crippen molar-refractivity contribution in [1.29, 1.82) is 0 Å². The summed E-state index contributed by atoms with van der Waals surface area (Å²) in [4.78, 5) is 32.6. The van der Waals surface area contributed by atoms with E-state index in [9.17, 15) is 9.59 Å². The van der Waals surface area contributed by atoms with Crippen molar-refractivity contribution in [3.8, 4) is 5.69 Å². The van der Waals surface area contributed by atoms with Crippen molar-refractivity contribution in [2.24, 2.45) is 0 Å². The molecule has 2 heterocycles. The van der Waals surface area contributed by atoms with Crippen LogP contribution in [0.25, 0.3) is 5.69 Å². The number of methoxy groups -OCH3 is 1. The van der Waals surface area contributed by atoms with Crippen LogP contribution in [0.15, 0.2) is 60.8 Å². The Morgan fingerprint density at radius 3 is 2.34 bits per heavy atom. The van der Waals surface area contributed by atoms with E-state index in [4.69, 9.17) is 28.6 Å². The van der Waals surface area contributed by atoms with Crippen molar-refractivity contribution in [1.82, 2.24) is 19.4 Å². The number of aromatic amines is 1. The maximum Gasteiger partial charge on any atom is 0.327 e. The molecule has 1 aliphatic heterocycles. The van der Waals surface area contributed by atoms with Crippen LogP contribution < -0.4 is 0 Å². The molecule has 0 radical (unpaired) electrons. The molecule has 166 valence electrons. The molecular formula is C23H23ClN4O3S. The zero-order chi connectivity index (χ0) is 22.7. The van der Waals surface area contributed by atoms with Gasteiger partial charge in [0.25, 0.3) is 5.91 Å². The highest BCUT2D eigenvalue weighted by atomic mass is 35.5. The quantitative estimate of drug-likeness (QED) is 0.453. The average molecular weight is 471 g/mol. The topological polar surface area (TPSA) is 70.6 Å². The third kappa shape index (κ3) is 4.34. The number of carbonyl (C=O) groups excluding carboxylic acids is 2. The minimum atomic E-state index is -0.619. The molecule has 1 fully saturated rings. The van der Waals surface area contributed by atoms with Gasteiger partial charge in [-0.05, 0) is 36.0 Å². The highest BCUT2D eigenvalue weighted by Crippen LogP contribution is 2.29. The molecule has 1 amide bonds. The normalized spacial score (nSPS) is 15.4. The Hall–Kier alpha value is -2.94. The largest absolute Gasteiger partial charge is 0.468 e. The minimum absolute atomic E-state index is 0.117. The number of rotatable bonds is 5. The fourth-order valence-electron chi connectivity index (χ4n) is 3.99. The first-order chi connectivity index (χ1) is 15.5. The maximum absolute atomic E-state index is 13.3. The van der Waals surface area contributed by atoms with E-state index in [0.717, 1.165) is 5.69 Å². The van der Waals surface area contributed by atoms with Gasteiger partial charge in [0.1, 0.15) is 11.7 Å². The number of carbonyl (C=O) groups is 2. The monoisotopic (exact) mass is 470 g/mol. The number of aromatic nitrogens is 2. The summed E-state index contributed by atoms with van der Waals surface area (Å²) >= 11 is 11.8. The van der Waals surface area contributed by atoms with Crippen LogP contribution in [-0.4, -0.2) is 64.5 Å². The van der Waals surface area contributed by atoms with E-state index in [2.05, 4.69) is 4.98 Å². The van der Waals surface area contributed by atoms with Gasteiger partial charge in [-0.1, -0.05) is 48.0 Å². The van der Waals surface area contributed by atoms with Gasteiger partial charge < -0.3 is 14.6 Å². The molecule has 1 saturated heterocycles. The van der Waals surface area contributed by atoms with Crippen LogP contribution in [0.5, 0.6) is 0 Å². The predicted octanol–water partition coefficient (Wildman–Crippen LogP) is 3.86. The summed E-state index contributed by atoms with van der Waals surface area (Å²) in [6.07, 6.45) is 1.64. The lowest BCUT2D eigenvalue weighted by Crippen LogP contribution is -2.51. The number of amides is 1. The zero-order valence-corrected chi connectivity index (χ0v) is 19.1. The van der Waals surface area contributed by atoms with Crippen molar-refractivity contribution in [2.45, 2.75) is 6.04 Å². The Labute approximate surface area is 196 Å². The Kier molecular flexibility index (Phi) is 6.74. The van der Waals surface area contributed by atoms with Crippen molar-refractivity contribution in [2.75, 3.05) is 33.3 Å². The van der Waals surface area contributed by atoms with E-state index in [1.54, 1.807) is 21.7 Å². The van der Waals surface area contributed by atoms with Gasteiger partial charge in [0.2, 0.25) is 0 Å². The van der Waals surface area contributed by atoms with Crippen LogP contribution in [0, 0.1) is 4.77 Å². The first kappa shape index (κ1) is 22.3. The summed E-state index contributed by atoms with van der Waals surface area (Å²) in [5, 5.41) is 0.510. The molecule has 0 bridgehead atoms. The number of esters is 1. The van der Waals surface area contributed by atoms with Gasteiger partial charge in [-0.3, -0.25) is 14.3 Å². The van der Waals surface area contributed by atoms with Crippen molar-refractivity contribution >= 4 is 35.7 Å². The lowest BCUT2D eigenvalue weighted by atomic mass is 10.0. The van der Waals surface area contributed by atoms with E-state index in [1.165, 1.54) is 7.11 Å². The second kappa shape index (κ2) is 9.68. The third-order valence-corrected chi connectivity index (χ3v) is 6.25. The van der Waals surface area contributed by atoms with Gasteiger partial charge in [0.05, 0.1) is 7.11 Å². The summed E-state index contributed by atoms with van der Waals surface area (Å²) in [5.41, 5.74) is 2.00. The number of benzene rings is 2. The number of hydrogen-bond donors (Lipinski definition) is 1. The van der Waals surface area contributed by atoms with Crippen LogP contribution in [0.3, 0.4) is 0 Å². The van der Waals surface area contributed by atoms with E-state index >= 15 is 0 Å². The van der Waals surface area contributed by atoms with Crippen LogP contribution in [0.1, 0.15) is 22.1 Å². The molecular weight excluding hydrogens is 448 g/mol. The first-order valence-electron chi connectivity index (χ1n) is 10.2. The van der Waals surface area contributed by atoms with Crippen molar-refractivity contribution < 1.29 is 14.3 Å². The van der Waals surface area contributed by atoms with E-state index in [-0.39, 0.29) is 11.9 Å². The Morgan fingerprint density at radius 2 is 1.69 bits per heavy atom. The molecule has 1 atom stereocenters. The number of H-pyrrole nitrogens is 1. The summed E-state index contributed by atoms with van der Waals surface area (Å²) in [6, 6.07) is 16.2.